The minimum atomic E-state index is 0.246. The highest BCUT2D eigenvalue weighted by Gasteiger charge is 2.04. The van der Waals surface area contributed by atoms with Gasteiger partial charge in [0.2, 0.25) is 0 Å². The number of furan rings is 1. The number of hydrogen-bond donors (Lipinski definition) is 3. The first kappa shape index (κ1) is 17.7. The Labute approximate surface area is 142 Å². The average Bonchev–Trinajstić information content (AvgIpc) is 3.09. The van der Waals surface area contributed by atoms with Gasteiger partial charge in [0, 0.05) is 32.1 Å². The molecule has 0 saturated heterocycles. The third-order valence-electron chi connectivity index (χ3n) is 3.53. The Balaban J connectivity index is 1.82. The summed E-state index contributed by atoms with van der Waals surface area (Å²) >= 11 is 0. The average molecular weight is 331 g/mol. The van der Waals surface area contributed by atoms with Crippen molar-refractivity contribution >= 4 is 5.96 Å². The number of rotatable bonds is 8. The zero-order valence-corrected chi connectivity index (χ0v) is 14.2. The molecule has 0 aliphatic rings. The Morgan fingerprint density at radius 3 is 2.79 bits per heavy atom. The number of phenolic OH excluding ortho intramolecular Hbond substituents is 1. The smallest absolute Gasteiger partial charge is 0.191 e. The Morgan fingerprint density at radius 2 is 2.12 bits per heavy atom. The number of benzene rings is 1. The molecule has 6 nitrogen and oxygen atoms in total. The first-order valence-electron chi connectivity index (χ1n) is 8.13. The van der Waals surface area contributed by atoms with Crippen LogP contribution in [0.3, 0.4) is 0 Å². The largest absolute Gasteiger partial charge is 0.508 e. The predicted molar refractivity (Wildman–Crippen MR) is 94.8 cm³/mol. The van der Waals surface area contributed by atoms with Gasteiger partial charge in [0.15, 0.2) is 5.96 Å². The molecule has 1 aromatic carbocycles. The van der Waals surface area contributed by atoms with Crippen molar-refractivity contribution in [1.82, 2.24) is 10.6 Å². The second-order valence-electron chi connectivity index (χ2n) is 5.26. The van der Waals surface area contributed by atoms with Gasteiger partial charge in [-0.1, -0.05) is 6.07 Å². The summed E-state index contributed by atoms with van der Waals surface area (Å²) in [6.45, 7) is 4.14. The number of aliphatic imine (C=N–C) groups is 1. The van der Waals surface area contributed by atoms with E-state index >= 15 is 0 Å². The van der Waals surface area contributed by atoms with Crippen LogP contribution < -0.4 is 15.4 Å². The SMILES string of the molecule is CCNC(=NCCc1ccco1)NCCc1ccc(OC)cc1O. The molecule has 0 aliphatic heterocycles. The molecule has 0 aliphatic carbocycles. The quantitative estimate of drug-likeness (QED) is 0.511. The molecule has 0 saturated carbocycles. The minimum absolute atomic E-state index is 0.246. The lowest BCUT2D eigenvalue weighted by Gasteiger charge is -2.12. The van der Waals surface area contributed by atoms with Crippen LogP contribution in [0.2, 0.25) is 0 Å². The number of aromatic hydroxyl groups is 1. The van der Waals surface area contributed by atoms with Crippen molar-refractivity contribution in [2.75, 3.05) is 26.7 Å². The highest BCUT2D eigenvalue weighted by Crippen LogP contribution is 2.23. The van der Waals surface area contributed by atoms with Crippen LogP contribution in [0, 0.1) is 0 Å². The van der Waals surface area contributed by atoms with E-state index < -0.39 is 0 Å². The topological polar surface area (TPSA) is 79.0 Å². The van der Waals surface area contributed by atoms with Crippen LogP contribution in [-0.4, -0.2) is 37.8 Å². The first-order chi connectivity index (χ1) is 11.7. The standard InChI is InChI=1S/C18H25N3O3/c1-3-19-18(21-11-9-15-5-4-12-24-15)20-10-8-14-6-7-16(23-2)13-17(14)22/h4-7,12-13,22H,3,8-11H2,1-2H3,(H2,19,20,21). The van der Waals surface area contributed by atoms with E-state index in [-0.39, 0.29) is 5.75 Å². The lowest BCUT2D eigenvalue weighted by Crippen LogP contribution is -2.38. The minimum Gasteiger partial charge on any atom is -0.508 e. The molecule has 0 spiro atoms. The van der Waals surface area contributed by atoms with Crippen LogP contribution in [0.25, 0.3) is 0 Å². The zero-order valence-electron chi connectivity index (χ0n) is 14.2. The van der Waals surface area contributed by atoms with Gasteiger partial charge in [-0.05, 0) is 37.1 Å². The summed E-state index contributed by atoms with van der Waals surface area (Å²) in [5, 5.41) is 16.5. The molecule has 0 bridgehead atoms. The number of hydrogen-bond acceptors (Lipinski definition) is 4. The van der Waals surface area contributed by atoms with E-state index in [1.165, 1.54) is 0 Å². The lowest BCUT2D eigenvalue weighted by molar-refractivity contribution is 0.406. The van der Waals surface area contributed by atoms with Crippen molar-refractivity contribution < 1.29 is 14.3 Å². The van der Waals surface area contributed by atoms with Gasteiger partial charge in [0.05, 0.1) is 13.4 Å². The van der Waals surface area contributed by atoms with Crippen LogP contribution in [0.4, 0.5) is 0 Å². The van der Waals surface area contributed by atoms with Crippen molar-refractivity contribution in [3.05, 3.63) is 47.9 Å². The molecule has 3 N–H and O–H groups in total. The van der Waals surface area contributed by atoms with Gasteiger partial charge in [-0.15, -0.1) is 0 Å². The van der Waals surface area contributed by atoms with Crippen LogP contribution >= 0.6 is 0 Å². The van der Waals surface area contributed by atoms with Crippen molar-refractivity contribution in [3.63, 3.8) is 0 Å². The van der Waals surface area contributed by atoms with Crippen LogP contribution in [0.5, 0.6) is 11.5 Å². The summed E-state index contributed by atoms with van der Waals surface area (Å²) in [7, 11) is 1.58. The fourth-order valence-corrected chi connectivity index (χ4v) is 2.27. The van der Waals surface area contributed by atoms with E-state index in [4.69, 9.17) is 9.15 Å². The monoisotopic (exact) mass is 331 g/mol. The van der Waals surface area contributed by atoms with E-state index in [0.29, 0.717) is 25.3 Å². The fraction of sp³-hybridized carbons (Fsp3) is 0.389. The molecule has 24 heavy (non-hydrogen) atoms. The normalized spacial score (nSPS) is 11.3. The molecule has 2 rings (SSSR count). The summed E-state index contributed by atoms with van der Waals surface area (Å²) in [4.78, 5) is 4.52. The summed E-state index contributed by atoms with van der Waals surface area (Å²) in [5.41, 5.74) is 0.870. The van der Waals surface area contributed by atoms with E-state index in [0.717, 1.165) is 30.2 Å². The van der Waals surface area contributed by atoms with E-state index in [1.807, 2.05) is 31.2 Å². The van der Waals surface area contributed by atoms with Crippen molar-refractivity contribution in [1.29, 1.82) is 0 Å². The van der Waals surface area contributed by atoms with Crippen molar-refractivity contribution in [3.8, 4) is 11.5 Å². The van der Waals surface area contributed by atoms with Crippen molar-refractivity contribution in [2.45, 2.75) is 19.8 Å². The maximum atomic E-state index is 9.97. The molecule has 0 fully saturated rings. The molecule has 0 radical (unpaired) electrons. The van der Waals surface area contributed by atoms with Gasteiger partial charge >= 0.3 is 0 Å². The molecule has 1 aromatic heterocycles. The molecule has 2 aromatic rings. The first-order valence-corrected chi connectivity index (χ1v) is 8.13. The number of methoxy groups -OCH3 is 1. The summed E-state index contributed by atoms with van der Waals surface area (Å²) in [5.74, 6) is 2.59. The predicted octanol–water partition coefficient (Wildman–Crippen LogP) is 2.33. The molecule has 0 amide bonds. The summed E-state index contributed by atoms with van der Waals surface area (Å²) in [6, 6.07) is 9.17. The maximum Gasteiger partial charge on any atom is 0.191 e. The lowest BCUT2D eigenvalue weighted by atomic mass is 10.1. The summed E-state index contributed by atoms with van der Waals surface area (Å²) in [6.07, 6.45) is 3.13. The number of nitrogens with one attached hydrogen (secondary N) is 2. The molecule has 6 heteroatoms. The van der Waals surface area contributed by atoms with Gasteiger partial charge < -0.3 is 24.9 Å². The van der Waals surface area contributed by atoms with Gasteiger partial charge in [-0.25, -0.2) is 0 Å². The van der Waals surface area contributed by atoms with Gasteiger partial charge in [-0.2, -0.15) is 0 Å². The highest BCUT2D eigenvalue weighted by molar-refractivity contribution is 5.79. The Bertz CT molecular complexity index is 639. The summed E-state index contributed by atoms with van der Waals surface area (Å²) < 4.78 is 10.4. The zero-order chi connectivity index (χ0) is 17.2. The highest BCUT2D eigenvalue weighted by atomic mass is 16.5. The Kier molecular flexibility index (Phi) is 7.01. The van der Waals surface area contributed by atoms with Crippen LogP contribution in [-0.2, 0) is 12.8 Å². The molecule has 0 atom stereocenters. The Morgan fingerprint density at radius 1 is 1.25 bits per heavy atom. The number of nitrogens with zero attached hydrogens (tertiary/aromatic N) is 1. The van der Waals surface area contributed by atoms with E-state index in [1.54, 1.807) is 19.4 Å². The van der Waals surface area contributed by atoms with Crippen LogP contribution in [0.15, 0.2) is 46.0 Å². The Hall–Kier alpha value is -2.63. The van der Waals surface area contributed by atoms with Crippen LogP contribution in [0.1, 0.15) is 18.2 Å². The number of phenols is 1. The third-order valence-corrected chi connectivity index (χ3v) is 3.53. The van der Waals surface area contributed by atoms with E-state index in [2.05, 4.69) is 15.6 Å². The van der Waals surface area contributed by atoms with Gasteiger partial charge in [-0.3, -0.25) is 4.99 Å². The van der Waals surface area contributed by atoms with Gasteiger partial charge in [0.25, 0.3) is 0 Å². The fourth-order valence-electron chi connectivity index (χ4n) is 2.27. The molecular weight excluding hydrogens is 306 g/mol. The maximum absolute atomic E-state index is 9.97. The van der Waals surface area contributed by atoms with Gasteiger partial charge in [0.1, 0.15) is 17.3 Å². The number of ether oxygens (including phenoxy) is 1. The third kappa shape index (κ3) is 5.53. The number of guanidine groups is 1. The van der Waals surface area contributed by atoms with Crippen molar-refractivity contribution in [2.24, 2.45) is 4.99 Å². The molecule has 1 heterocycles. The molecular formula is C18H25N3O3. The van der Waals surface area contributed by atoms with E-state index in [9.17, 15) is 5.11 Å². The second-order valence-corrected chi connectivity index (χ2v) is 5.26. The molecule has 0 unspecified atom stereocenters. The molecule has 130 valence electrons. The second kappa shape index (κ2) is 9.50.